The Morgan fingerprint density at radius 3 is 1.57 bits per heavy atom. The summed E-state index contributed by atoms with van der Waals surface area (Å²) in [6.07, 6.45) is 1.67. The zero-order valence-corrected chi connectivity index (χ0v) is 35.3. The molecule has 3 aromatic carbocycles. The Bertz CT molecular complexity index is 2410. The third-order valence-corrected chi connectivity index (χ3v) is 10.6. The van der Waals surface area contributed by atoms with Gasteiger partial charge in [-0.2, -0.15) is 0 Å². The summed E-state index contributed by atoms with van der Waals surface area (Å²) in [5.41, 5.74) is 3.33. The zero-order chi connectivity index (χ0) is 44.5. The molecule has 0 aromatic heterocycles. The second-order valence-electron chi connectivity index (χ2n) is 16.3. The number of nitrogens with zero attached hydrogens (tertiary/aromatic N) is 4. The standard InChI is InChI=1S/C23H21ClN4O4.C21H26N4O4/c1-13-9-10-18(20(29)25-13)28-21(30)17-8-3-5-14(19(17)22(28)31)12-27(2)23(32)26-16-7-4-6-15(24)11-16;1-12-9-10-15(17(26)22-12)25-18(27)14-8-6-7-13(16(14)19(25)28)11-24(5)20(29)23-21(2,3)4/h3-8,11,18H,1,9-10,12H2,2H3,(H,25,29)(H,26,32);6-8,15H,1,9-11H2,2-5H3,(H,22,26)(H,23,29). The molecule has 7 rings (SSSR count). The van der Waals surface area contributed by atoms with Gasteiger partial charge >= 0.3 is 12.1 Å². The largest absolute Gasteiger partial charge is 0.333 e. The number of carbonyl (C=O) groups is 8. The summed E-state index contributed by atoms with van der Waals surface area (Å²) in [6, 6.07) is 14.2. The number of urea groups is 2. The molecule has 61 heavy (non-hydrogen) atoms. The minimum atomic E-state index is -0.885. The highest BCUT2D eigenvalue weighted by atomic mass is 35.5. The van der Waals surface area contributed by atoms with E-state index in [4.69, 9.17) is 11.6 Å². The number of rotatable bonds is 7. The Kier molecular flexibility index (Phi) is 12.5. The second kappa shape index (κ2) is 17.4. The van der Waals surface area contributed by atoms with Gasteiger partial charge in [-0.05, 0) is 87.9 Å². The molecule has 4 aliphatic heterocycles. The molecule has 2 unspecified atom stereocenters. The minimum Gasteiger partial charge on any atom is -0.333 e. The van der Waals surface area contributed by atoms with Crippen LogP contribution in [0.1, 0.15) is 99.0 Å². The number of amides is 10. The SMILES string of the molecule is C=C1CCC(N2C(=O)c3cccc(CN(C)C(=O)NC(C)(C)C)c3C2=O)C(=O)N1.C=C1CCC(N2C(=O)c3cccc(CN(C)C(=O)Nc4cccc(Cl)c4)c3C2=O)C(=O)N1. The first-order valence-corrected chi connectivity index (χ1v) is 19.9. The average Bonchev–Trinajstić information content (AvgIpc) is 3.59. The molecular weight excluding hydrogens is 804 g/mol. The van der Waals surface area contributed by atoms with Gasteiger partial charge < -0.3 is 31.1 Å². The van der Waals surface area contributed by atoms with Gasteiger partial charge in [0.2, 0.25) is 11.8 Å². The van der Waals surface area contributed by atoms with Crippen molar-refractivity contribution < 1.29 is 38.4 Å². The van der Waals surface area contributed by atoms with Crippen LogP contribution in [0.3, 0.4) is 0 Å². The summed E-state index contributed by atoms with van der Waals surface area (Å²) in [5, 5.41) is 11.3. The summed E-state index contributed by atoms with van der Waals surface area (Å²) in [6.45, 7) is 13.3. The molecule has 0 spiro atoms. The quantitative estimate of drug-likeness (QED) is 0.227. The number of allylic oxidation sites excluding steroid dienone is 2. The van der Waals surface area contributed by atoms with Crippen molar-refractivity contribution in [2.75, 3.05) is 19.4 Å². The van der Waals surface area contributed by atoms with Gasteiger partial charge in [0.25, 0.3) is 23.6 Å². The smallest absolute Gasteiger partial charge is 0.321 e. The number of halogens is 1. The molecule has 318 valence electrons. The van der Waals surface area contributed by atoms with E-state index >= 15 is 0 Å². The number of hydrogen-bond donors (Lipinski definition) is 4. The third-order valence-electron chi connectivity index (χ3n) is 10.4. The van der Waals surface area contributed by atoms with Gasteiger partial charge in [-0.1, -0.05) is 55.1 Å². The molecule has 17 heteroatoms. The first-order valence-electron chi connectivity index (χ1n) is 19.5. The zero-order valence-electron chi connectivity index (χ0n) is 34.5. The van der Waals surface area contributed by atoms with Crippen molar-refractivity contribution in [1.82, 2.24) is 35.6 Å². The Morgan fingerprint density at radius 2 is 1.15 bits per heavy atom. The number of nitrogens with one attached hydrogen (secondary N) is 4. The predicted octanol–water partition coefficient (Wildman–Crippen LogP) is 5.41. The van der Waals surface area contributed by atoms with Crippen LogP contribution in [0.15, 0.2) is 85.2 Å². The molecule has 0 bridgehead atoms. The van der Waals surface area contributed by atoms with Crippen LogP contribution in [-0.2, 0) is 22.7 Å². The van der Waals surface area contributed by atoms with Crippen molar-refractivity contribution in [3.63, 3.8) is 0 Å². The second-order valence-corrected chi connectivity index (χ2v) is 16.7. The average molecular weight is 851 g/mol. The first kappa shape index (κ1) is 43.8. The van der Waals surface area contributed by atoms with Crippen molar-refractivity contribution in [3.8, 4) is 0 Å². The van der Waals surface area contributed by atoms with E-state index in [1.165, 1.54) is 9.80 Å². The molecule has 4 N–H and O–H groups in total. The topological polar surface area (TPSA) is 198 Å². The minimum absolute atomic E-state index is 0.0934. The summed E-state index contributed by atoms with van der Waals surface area (Å²) in [4.78, 5) is 107. The maximum Gasteiger partial charge on any atom is 0.321 e. The van der Waals surface area contributed by atoms with E-state index in [1.807, 2.05) is 20.8 Å². The van der Waals surface area contributed by atoms with Gasteiger partial charge in [-0.15, -0.1) is 0 Å². The van der Waals surface area contributed by atoms with Gasteiger partial charge in [0.1, 0.15) is 12.1 Å². The van der Waals surface area contributed by atoms with Crippen LogP contribution in [0, 0.1) is 0 Å². The molecule has 4 heterocycles. The summed E-state index contributed by atoms with van der Waals surface area (Å²) in [7, 11) is 3.21. The Balaban J connectivity index is 0.000000205. The Hall–Kier alpha value is -6.81. The van der Waals surface area contributed by atoms with Crippen LogP contribution in [0.4, 0.5) is 15.3 Å². The lowest BCUT2D eigenvalue weighted by Crippen LogP contribution is -2.51. The third kappa shape index (κ3) is 9.34. The summed E-state index contributed by atoms with van der Waals surface area (Å²) in [5.74, 6) is -2.85. The van der Waals surface area contributed by atoms with Crippen LogP contribution in [0.25, 0.3) is 0 Å². The Morgan fingerprint density at radius 1 is 0.705 bits per heavy atom. The maximum absolute atomic E-state index is 13.2. The van der Waals surface area contributed by atoms with Crippen LogP contribution in [0.5, 0.6) is 0 Å². The normalized spacial score (nSPS) is 18.5. The molecular formula is C44H47ClN8O8. The summed E-state index contributed by atoms with van der Waals surface area (Å²) >= 11 is 5.96. The molecule has 0 saturated carbocycles. The molecule has 2 saturated heterocycles. The highest BCUT2D eigenvalue weighted by Crippen LogP contribution is 2.33. The number of anilines is 1. The van der Waals surface area contributed by atoms with Gasteiger partial charge in [-0.3, -0.25) is 38.6 Å². The molecule has 2 atom stereocenters. The van der Waals surface area contributed by atoms with Crippen LogP contribution < -0.4 is 21.3 Å². The fraction of sp³-hybridized carbons (Fsp3) is 0.318. The van der Waals surface area contributed by atoms with E-state index in [9.17, 15) is 38.4 Å². The fourth-order valence-electron chi connectivity index (χ4n) is 7.45. The molecule has 0 aliphatic carbocycles. The number of fused-ring (bicyclic) bond motifs is 2. The maximum atomic E-state index is 13.2. The fourth-order valence-corrected chi connectivity index (χ4v) is 7.64. The molecule has 3 aromatic rings. The number of piperidine rings is 2. The predicted molar refractivity (Wildman–Crippen MR) is 226 cm³/mol. The van der Waals surface area contributed by atoms with Crippen LogP contribution in [-0.4, -0.2) is 98.8 Å². The highest BCUT2D eigenvalue weighted by Gasteiger charge is 2.46. The van der Waals surface area contributed by atoms with Gasteiger partial charge in [0, 0.05) is 54.8 Å². The monoisotopic (exact) mass is 850 g/mol. The van der Waals surface area contributed by atoms with Gasteiger partial charge in [-0.25, -0.2) is 9.59 Å². The van der Waals surface area contributed by atoms with E-state index in [0.29, 0.717) is 58.9 Å². The molecule has 2 fully saturated rings. The first-order chi connectivity index (χ1) is 28.7. The van der Waals surface area contributed by atoms with Crippen LogP contribution >= 0.6 is 11.6 Å². The van der Waals surface area contributed by atoms with E-state index in [2.05, 4.69) is 34.4 Å². The van der Waals surface area contributed by atoms with Gasteiger partial charge in [0.15, 0.2) is 0 Å². The van der Waals surface area contributed by atoms with Crippen molar-refractivity contribution in [3.05, 3.63) is 124 Å². The lowest BCUT2D eigenvalue weighted by atomic mass is 10.0. The summed E-state index contributed by atoms with van der Waals surface area (Å²) < 4.78 is 0. The molecule has 4 aliphatic rings. The lowest BCUT2D eigenvalue weighted by Gasteiger charge is -2.29. The van der Waals surface area contributed by atoms with E-state index in [-0.39, 0.29) is 41.4 Å². The van der Waals surface area contributed by atoms with E-state index < -0.39 is 59.1 Å². The molecule has 0 radical (unpaired) electrons. The van der Waals surface area contributed by atoms with Crippen molar-refractivity contribution in [2.45, 2.75) is 77.2 Å². The van der Waals surface area contributed by atoms with Crippen molar-refractivity contribution in [2.24, 2.45) is 0 Å². The van der Waals surface area contributed by atoms with Crippen molar-refractivity contribution >= 4 is 64.8 Å². The van der Waals surface area contributed by atoms with E-state index in [0.717, 1.165) is 9.80 Å². The van der Waals surface area contributed by atoms with Crippen molar-refractivity contribution in [1.29, 1.82) is 0 Å². The van der Waals surface area contributed by atoms with E-state index in [1.54, 1.807) is 74.8 Å². The molecule has 16 nitrogen and oxygen atoms in total. The number of carbonyl (C=O) groups excluding carboxylic acids is 8. The highest BCUT2D eigenvalue weighted by molar-refractivity contribution is 6.31. The number of hydrogen-bond acceptors (Lipinski definition) is 8. The molecule has 10 amide bonds. The number of benzene rings is 3. The van der Waals surface area contributed by atoms with Gasteiger partial charge in [0.05, 0.1) is 22.3 Å². The van der Waals surface area contributed by atoms with Crippen LogP contribution in [0.2, 0.25) is 5.02 Å². The lowest BCUT2D eigenvalue weighted by molar-refractivity contribution is -0.126. The Labute approximate surface area is 357 Å². The number of imide groups is 2.